The van der Waals surface area contributed by atoms with E-state index in [2.05, 4.69) is 10.9 Å². The van der Waals surface area contributed by atoms with Gasteiger partial charge in [-0.1, -0.05) is 0 Å². The van der Waals surface area contributed by atoms with E-state index in [0.717, 1.165) is 0 Å². The van der Waals surface area contributed by atoms with Gasteiger partial charge in [0.15, 0.2) is 0 Å². The quantitative estimate of drug-likeness (QED) is 0.491. The van der Waals surface area contributed by atoms with Crippen LogP contribution in [0.5, 0.6) is 0 Å². The summed E-state index contributed by atoms with van der Waals surface area (Å²) in [5.41, 5.74) is 0.810. The molecule has 0 spiro atoms. The van der Waals surface area contributed by atoms with E-state index in [1.807, 2.05) is 0 Å². The molecule has 1 heterocycles. The first-order valence-electron chi connectivity index (χ1n) is 2.83. The molecule has 1 aromatic rings. The summed E-state index contributed by atoms with van der Waals surface area (Å²) >= 11 is 0. The van der Waals surface area contributed by atoms with Crippen molar-refractivity contribution < 1.29 is 4.39 Å². The van der Waals surface area contributed by atoms with Crippen LogP contribution in [0.2, 0.25) is 0 Å². The van der Waals surface area contributed by atoms with Crippen molar-refractivity contribution in [1.82, 2.24) is 4.98 Å². The number of hydrogen-bond acceptors (Lipinski definition) is 1. The smallest absolute Gasteiger partial charge is 0.130 e. The Hall–Kier alpha value is -1.36. The normalized spacial score (nSPS) is 8.90. The van der Waals surface area contributed by atoms with Crippen LogP contribution in [0.4, 0.5) is 4.39 Å². The third kappa shape index (κ3) is 0.985. The lowest BCUT2D eigenvalue weighted by molar-refractivity contribution is 0.615. The van der Waals surface area contributed by atoms with Gasteiger partial charge in [0.25, 0.3) is 0 Å². The highest BCUT2D eigenvalue weighted by Crippen LogP contribution is 2.06. The second-order valence-electron chi connectivity index (χ2n) is 1.91. The summed E-state index contributed by atoms with van der Waals surface area (Å²) in [7, 11) is 0. The third-order valence-corrected chi connectivity index (χ3v) is 1.27. The van der Waals surface area contributed by atoms with Crippen molar-refractivity contribution >= 4 is 0 Å². The van der Waals surface area contributed by atoms with Gasteiger partial charge in [-0.2, -0.15) is 0 Å². The Kier molecular flexibility index (Phi) is 1.68. The van der Waals surface area contributed by atoms with Gasteiger partial charge in [-0.3, -0.25) is 0 Å². The van der Waals surface area contributed by atoms with Crippen LogP contribution >= 0.6 is 0 Å². The standard InChI is InChI=1S/C8H6FN/c1-3-8-6(2)7(9)4-5-10-8/h1,4-5H,2H3. The number of nitrogens with zero attached hydrogens (tertiary/aromatic N) is 1. The molecule has 0 saturated carbocycles. The summed E-state index contributed by atoms with van der Waals surface area (Å²) < 4.78 is 12.6. The summed E-state index contributed by atoms with van der Waals surface area (Å²) in [6.07, 6.45) is 6.40. The average Bonchev–Trinajstić information content (AvgIpc) is 1.95. The van der Waals surface area contributed by atoms with Crippen molar-refractivity contribution in [3.63, 3.8) is 0 Å². The molecule has 0 atom stereocenters. The van der Waals surface area contributed by atoms with Crippen LogP contribution in [0, 0.1) is 25.1 Å². The molecule has 0 N–H and O–H groups in total. The largest absolute Gasteiger partial charge is 0.247 e. The van der Waals surface area contributed by atoms with E-state index in [4.69, 9.17) is 6.42 Å². The minimum absolute atomic E-state index is 0.303. The molecule has 0 radical (unpaired) electrons. The maximum absolute atomic E-state index is 12.6. The molecule has 0 bridgehead atoms. The predicted molar refractivity (Wildman–Crippen MR) is 36.9 cm³/mol. The van der Waals surface area contributed by atoms with Crippen LogP contribution in [0.3, 0.4) is 0 Å². The fraction of sp³-hybridized carbons (Fsp3) is 0.125. The SMILES string of the molecule is C#Cc1nccc(F)c1C. The van der Waals surface area contributed by atoms with Gasteiger partial charge >= 0.3 is 0 Å². The zero-order chi connectivity index (χ0) is 7.56. The average molecular weight is 135 g/mol. The fourth-order valence-electron chi connectivity index (χ4n) is 0.658. The lowest BCUT2D eigenvalue weighted by atomic mass is 10.2. The number of hydrogen-bond donors (Lipinski definition) is 0. The van der Waals surface area contributed by atoms with Gasteiger partial charge in [0.2, 0.25) is 0 Å². The van der Waals surface area contributed by atoms with Crippen molar-refractivity contribution in [1.29, 1.82) is 0 Å². The Labute approximate surface area is 58.9 Å². The molecular weight excluding hydrogens is 129 g/mol. The molecule has 0 aliphatic rings. The van der Waals surface area contributed by atoms with Gasteiger partial charge in [0, 0.05) is 11.8 Å². The minimum atomic E-state index is -0.303. The van der Waals surface area contributed by atoms with Gasteiger partial charge in [0.1, 0.15) is 11.5 Å². The van der Waals surface area contributed by atoms with Crippen molar-refractivity contribution in [3.8, 4) is 12.3 Å². The van der Waals surface area contributed by atoms with E-state index in [9.17, 15) is 4.39 Å². The predicted octanol–water partition coefficient (Wildman–Crippen LogP) is 1.51. The van der Waals surface area contributed by atoms with Crippen LogP contribution < -0.4 is 0 Å². The summed E-state index contributed by atoms with van der Waals surface area (Å²) in [6, 6.07) is 1.29. The van der Waals surface area contributed by atoms with Gasteiger partial charge in [-0.15, -0.1) is 6.42 Å². The molecule has 0 aromatic carbocycles. The Morgan fingerprint density at radius 3 is 2.90 bits per heavy atom. The minimum Gasteiger partial charge on any atom is -0.247 e. The first kappa shape index (κ1) is 6.76. The van der Waals surface area contributed by atoms with Gasteiger partial charge in [-0.25, -0.2) is 9.37 Å². The van der Waals surface area contributed by atoms with Crippen molar-refractivity contribution in [2.75, 3.05) is 0 Å². The molecule has 10 heavy (non-hydrogen) atoms. The Morgan fingerprint density at radius 1 is 1.70 bits per heavy atom. The van der Waals surface area contributed by atoms with Crippen LogP contribution in [0.15, 0.2) is 12.3 Å². The fourth-order valence-corrected chi connectivity index (χ4v) is 0.658. The molecule has 0 unspecified atom stereocenters. The topological polar surface area (TPSA) is 12.9 Å². The van der Waals surface area contributed by atoms with Crippen LogP contribution in [-0.4, -0.2) is 4.98 Å². The second kappa shape index (κ2) is 2.49. The van der Waals surface area contributed by atoms with Gasteiger partial charge in [0.05, 0.1) is 0 Å². The molecular formula is C8H6FN. The highest BCUT2D eigenvalue weighted by molar-refractivity contribution is 5.32. The van der Waals surface area contributed by atoms with Crippen LogP contribution in [-0.2, 0) is 0 Å². The van der Waals surface area contributed by atoms with E-state index < -0.39 is 0 Å². The summed E-state index contributed by atoms with van der Waals surface area (Å²) in [6.45, 7) is 1.61. The number of pyridine rings is 1. The van der Waals surface area contributed by atoms with Crippen molar-refractivity contribution in [3.05, 3.63) is 29.3 Å². The molecule has 2 heteroatoms. The lowest BCUT2D eigenvalue weighted by Crippen LogP contribution is -1.90. The Balaban J connectivity index is 3.31. The Morgan fingerprint density at radius 2 is 2.40 bits per heavy atom. The van der Waals surface area contributed by atoms with Crippen LogP contribution in [0.1, 0.15) is 11.3 Å². The van der Waals surface area contributed by atoms with E-state index in [0.29, 0.717) is 11.3 Å². The summed E-state index contributed by atoms with van der Waals surface area (Å²) in [5.74, 6) is 1.98. The molecule has 1 aromatic heterocycles. The summed E-state index contributed by atoms with van der Waals surface area (Å²) in [5, 5.41) is 0. The number of aromatic nitrogens is 1. The molecule has 0 saturated heterocycles. The Bertz CT molecular complexity index is 286. The van der Waals surface area contributed by atoms with E-state index in [1.54, 1.807) is 6.92 Å². The number of rotatable bonds is 0. The molecule has 1 nitrogen and oxygen atoms in total. The van der Waals surface area contributed by atoms with Gasteiger partial charge in [-0.05, 0) is 18.9 Å². The zero-order valence-corrected chi connectivity index (χ0v) is 5.56. The third-order valence-electron chi connectivity index (χ3n) is 1.27. The first-order valence-corrected chi connectivity index (χ1v) is 2.83. The molecule has 50 valence electrons. The molecule has 0 aliphatic heterocycles. The second-order valence-corrected chi connectivity index (χ2v) is 1.91. The zero-order valence-electron chi connectivity index (χ0n) is 5.56. The number of halogens is 1. The molecule has 1 rings (SSSR count). The van der Waals surface area contributed by atoms with Crippen molar-refractivity contribution in [2.45, 2.75) is 6.92 Å². The van der Waals surface area contributed by atoms with E-state index >= 15 is 0 Å². The molecule has 0 aliphatic carbocycles. The van der Waals surface area contributed by atoms with Gasteiger partial charge < -0.3 is 0 Å². The van der Waals surface area contributed by atoms with E-state index in [-0.39, 0.29) is 5.82 Å². The monoisotopic (exact) mass is 135 g/mol. The maximum Gasteiger partial charge on any atom is 0.130 e. The summed E-state index contributed by atoms with van der Waals surface area (Å²) in [4.78, 5) is 3.78. The van der Waals surface area contributed by atoms with Crippen molar-refractivity contribution in [2.24, 2.45) is 0 Å². The highest BCUT2D eigenvalue weighted by atomic mass is 19.1. The van der Waals surface area contributed by atoms with E-state index in [1.165, 1.54) is 12.3 Å². The van der Waals surface area contributed by atoms with Crippen LogP contribution in [0.25, 0.3) is 0 Å². The first-order chi connectivity index (χ1) is 4.75. The molecule has 0 fully saturated rings. The maximum atomic E-state index is 12.6. The number of terminal acetylenes is 1. The molecule has 0 amide bonds. The highest BCUT2D eigenvalue weighted by Gasteiger charge is 1.99. The lowest BCUT2D eigenvalue weighted by Gasteiger charge is -1.95.